The molecular formula is C12H22ClN3S. The maximum absolute atomic E-state index is 6.32. The molecule has 0 saturated heterocycles. The molecule has 0 saturated carbocycles. The van der Waals surface area contributed by atoms with Gasteiger partial charge in [0.15, 0.2) is 0 Å². The fourth-order valence-electron chi connectivity index (χ4n) is 1.73. The normalized spacial score (nSPS) is 11.1. The van der Waals surface area contributed by atoms with E-state index in [0.717, 1.165) is 42.5 Å². The summed E-state index contributed by atoms with van der Waals surface area (Å²) < 4.78 is 2.00. The molecule has 98 valence electrons. The van der Waals surface area contributed by atoms with Crippen molar-refractivity contribution in [2.45, 2.75) is 39.8 Å². The zero-order valence-electron chi connectivity index (χ0n) is 10.9. The maximum Gasteiger partial charge on any atom is 0.0863 e. The smallest absolute Gasteiger partial charge is 0.0863 e. The van der Waals surface area contributed by atoms with Crippen LogP contribution in [-0.2, 0) is 19.5 Å². The van der Waals surface area contributed by atoms with E-state index < -0.39 is 0 Å². The molecule has 0 aliphatic rings. The van der Waals surface area contributed by atoms with Crippen LogP contribution in [0.3, 0.4) is 0 Å². The van der Waals surface area contributed by atoms with E-state index in [2.05, 4.69) is 30.5 Å². The molecule has 3 nitrogen and oxygen atoms in total. The maximum atomic E-state index is 6.32. The molecule has 0 atom stereocenters. The van der Waals surface area contributed by atoms with Gasteiger partial charge in [0.1, 0.15) is 0 Å². The summed E-state index contributed by atoms with van der Waals surface area (Å²) in [5.74, 6) is 1.20. The van der Waals surface area contributed by atoms with Gasteiger partial charge in [0.2, 0.25) is 0 Å². The summed E-state index contributed by atoms with van der Waals surface area (Å²) in [6.45, 7) is 6.91. The first kappa shape index (κ1) is 14.9. The number of nitrogens with zero attached hydrogens (tertiary/aromatic N) is 2. The number of nitrogens with one attached hydrogen (secondary N) is 1. The van der Waals surface area contributed by atoms with E-state index in [0.29, 0.717) is 0 Å². The largest absolute Gasteiger partial charge is 0.311 e. The van der Waals surface area contributed by atoms with E-state index in [-0.39, 0.29) is 0 Å². The van der Waals surface area contributed by atoms with Gasteiger partial charge in [-0.3, -0.25) is 4.68 Å². The molecule has 0 fully saturated rings. The minimum absolute atomic E-state index is 0.814. The van der Waals surface area contributed by atoms with Crippen LogP contribution in [0.15, 0.2) is 0 Å². The molecule has 1 aromatic rings. The standard InChI is InChI=1S/C12H22ClN3S/c1-4-10-12(13)11(16(5-2)15-10)9-14-7-6-8-17-3/h14H,4-9H2,1-3H3. The minimum Gasteiger partial charge on any atom is -0.311 e. The lowest BCUT2D eigenvalue weighted by atomic mass is 10.3. The summed E-state index contributed by atoms with van der Waals surface area (Å²) in [5, 5.41) is 8.77. The molecule has 1 rings (SSSR count). The third-order valence-electron chi connectivity index (χ3n) is 2.69. The Morgan fingerprint density at radius 3 is 2.76 bits per heavy atom. The van der Waals surface area contributed by atoms with Crippen molar-refractivity contribution in [3.05, 3.63) is 16.4 Å². The third kappa shape index (κ3) is 4.19. The van der Waals surface area contributed by atoms with Crippen LogP contribution in [0.4, 0.5) is 0 Å². The second-order valence-corrected chi connectivity index (χ2v) is 5.26. The summed E-state index contributed by atoms with van der Waals surface area (Å²) in [7, 11) is 0. The number of aryl methyl sites for hydroxylation is 2. The van der Waals surface area contributed by atoms with Crippen LogP contribution in [0.25, 0.3) is 0 Å². The molecular weight excluding hydrogens is 254 g/mol. The Bertz CT molecular complexity index is 339. The first-order valence-electron chi connectivity index (χ1n) is 6.18. The zero-order chi connectivity index (χ0) is 12.7. The molecule has 1 N–H and O–H groups in total. The van der Waals surface area contributed by atoms with Gasteiger partial charge in [0, 0.05) is 13.1 Å². The van der Waals surface area contributed by atoms with Gasteiger partial charge in [-0.2, -0.15) is 16.9 Å². The summed E-state index contributed by atoms with van der Waals surface area (Å²) in [5.41, 5.74) is 2.13. The average molecular weight is 276 g/mol. The summed E-state index contributed by atoms with van der Waals surface area (Å²) >= 11 is 8.20. The van der Waals surface area contributed by atoms with Crippen molar-refractivity contribution in [2.24, 2.45) is 0 Å². The molecule has 1 aromatic heterocycles. The van der Waals surface area contributed by atoms with Gasteiger partial charge >= 0.3 is 0 Å². The molecule has 0 spiro atoms. The Morgan fingerprint density at radius 2 is 2.18 bits per heavy atom. The lowest BCUT2D eigenvalue weighted by molar-refractivity contribution is 0.576. The fraction of sp³-hybridized carbons (Fsp3) is 0.750. The Balaban J connectivity index is 2.54. The van der Waals surface area contributed by atoms with E-state index >= 15 is 0 Å². The van der Waals surface area contributed by atoms with Gasteiger partial charge in [-0.05, 0) is 38.3 Å². The van der Waals surface area contributed by atoms with Crippen LogP contribution < -0.4 is 5.32 Å². The molecule has 0 aliphatic heterocycles. The molecule has 0 amide bonds. The lowest BCUT2D eigenvalue weighted by Gasteiger charge is -2.07. The average Bonchev–Trinajstić information content (AvgIpc) is 2.65. The number of halogens is 1. The number of aromatic nitrogens is 2. The van der Waals surface area contributed by atoms with Crippen molar-refractivity contribution in [1.82, 2.24) is 15.1 Å². The highest BCUT2D eigenvalue weighted by Gasteiger charge is 2.13. The second-order valence-electron chi connectivity index (χ2n) is 3.90. The van der Waals surface area contributed by atoms with Gasteiger partial charge in [-0.25, -0.2) is 0 Å². The van der Waals surface area contributed by atoms with E-state index in [1.54, 1.807) is 0 Å². The monoisotopic (exact) mass is 275 g/mol. The van der Waals surface area contributed by atoms with Crippen LogP contribution in [0.5, 0.6) is 0 Å². The van der Waals surface area contributed by atoms with Gasteiger partial charge in [-0.1, -0.05) is 18.5 Å². The highest BCUT2D eigenvalue weighted by molar-refractivity contribution is 7.98. The van der Waals surface area contributed by atoms with Gasteiger partial charge in [0.25, 0.3) is 0 Å². The molecule has 5 heteroatoms. The molecule has 17 heavy (non-hydrogen) atoms. The summed E-state index contributed by atoms with van der Waals surface area (Å²) in [6, 6.07) is 0. The SMILES string of the molecule is CCc1nn(CC)c(CNCCCSC)c1Cl. The van der Waals surface area contributed by atoms with Crippen molar-refractivity contribution in [3.63, 3.8) is 0 Å². The van der Waals surface area contributed by atoms with Crippen molar-refractivity contribution >= 4 is 23.4 Å². The van der Waals surface area contributed by atoms with Crippen LogP contribution in [0, 0.1) is 0 Å². The number of hydrogen-bond donors (Lipinski definition) is 1. The van der Waals surface area contributed by atoms with E-state index in [1.165, 1.54) is 12.2 Å². The highest BCUT2D eigenvalue weighted by atomic mass is 35.5. The molecule has 0 radical (unpaired) electrons. The molecule has 0 aliphatic carbocycles. The molecule has 1 heterocycles. The predicted octanol–water partition coefficient (Wildman–Crippen LogP) is 2.96. The molecule has 0 bridgehead atoms. The lowest BCUT2D eigenvalue weighted by Crippen LogP contribution is -2.18. The quantitative estimate of drug-likeness (QED) is 0.740. The number of thioether (sulfide) groups is 1. The third-order valence-corrected chi connectivity index (χ3v) is 3.82. The zero-order valence-corrected chi connectivity index (χ0v) is 12.5. The first-order chi connectivity index (χ1) is 8.24. The second kappa shape index (κ2) is 8.01. The Hall–Kier alpha value is -0.190. The van der Waals surface area contributed by atoms with Crippen molar-refractivity contribution in [1.29, 1.82) is 0 Å². The minimum atomic E-state index is 0.814. The van der Waals surface area contributed by atoms with Crippen molar-refractivity contribution < 1.29 is 0 Å². The van der Waals surface area contributed by atoms with E-state index in [4.69, 9.17) is 11.6 Å². The number of hydrogen-bond acceptors (Lipinski definition) is 3. The Morgan fingerprint density at radius 1 is 1.41 bits per heavy atom. The van der Waals surface area contributed by atoms with Gasteiger partial charge < -0.3 is 5.32 Å². The molecule has 0 aromatic carbocycles. The van der Waals surface area contributed by atoms with Crippen LogP contribution in [-0.4, -0.2) is 28.3 Å². The molecule has 0 unspecified atom stereocenters. The van der Waals surface area contributed by atoms with Crippen molar-refractivity contribution in [2.75, 3.05) is 18.6 Å². The van der Waals surface area contributed by atoms with Crippen molar-refractivity contribution in [3.8, 4) is 0 Å². The topological polar surface area (TPSA) is 29.9 Å². The summed E-state index contributed by atoms with van der Waals surface area (Å²) in [6.07, 6.45) is 4.22. The summed E-state index contributed by atoms with van der Waals surface area (Å²) in [4.78, 5) is 0. The van der Waals surface area contributed by atoms with Crippen LogP contribution >= 0.6 is 23.4 Å². The Labute approximate surface area is 113 Å². The predicted molar refractivity (Wildman–Crippen MR) is 77.0 cm³/mol. The van der Waals surface area contributed by atoms with Gasteiger partial charge in [-0.15, -0.1) is 0 Å². The van der Waals surface area contributed by atoms with Crippen LogP contribution in [0.2, 0.25) is 5.02 Å². The van der Waals surface area contributed by atoms with Gasteiger partial charge in [0.05, 0.1) is 16.4 Å². The fourth-order valence-corrected chi connectivity index (χ4v) is 2.50. The highest BCUT2D eigenvalue weighted by Crippen LogP contribution is 2.21. The number of rotatable bonds is 8. The Kier molecular flexibility index (Phi) is 7.00. The van der Waals surface area contributed by atoms with Crippen LogP contribution in [0.1, 0.15) is 31.7 Å². The van der Waals surface area contributed by atoms with E-state index in [9.17, 15) is 0 Å². The first-order valence-corrected chi connectivity index (χ1v) is 7.95. The van der Waals surface area contributed by atoms with E-state index in [1.807, 2.05) is 16.4 Å².